The summed E-state index contributed by atoms with van der Waals surface area (Å²) < 4.78 is 5.40. The molecule has 0 aromatic heterocycles. The van der Waals surface area contributed by atoms with Crippen molar-refractivity contribution in [3.05, 3.63) is 35.9 Å². The van der Waals surface area contributed by atoms with Gasteiger partial charge in [0.25, 0.3) is 5.91 Å². The minimum atomic E-state index is -0.327. The predicted molar refractivity (Wildman–Crippen MR) is 68.9 cm³/mol. The Bertz CT molecular complexity index is 422. The Morgan fingerprint density at radius 3 is 2.76 bits per heavy atom. The van der Waals surface area contributed by atoms with Crippen LogP contribution in [0, 0.1) is 0 Å². The molecular formula is C12H14N2O2S. The zero-order valence-corrected chi connectivity index (χ0v) is 10.2. The van der Waals surface area contributed by atoms with Crippen LogP contribution in [0.25, 0.3) is 0 Å². The molecule has 0 radical (unpaired) electrons. The molecule has 17 heavy (non-hydrogen) atoms. The zero-order valence-electron chi connectivity index (χ0n) is 9.33. The van der Waals surface area contributed by atoms with E-state index in [0.717, 1.165) is 0 Å². The summed E-state index contributed by atoms with van der Waals surface area (Å²) in [6, 6.07) is 9.17. The summed E-state index contributed by atoms with van der Waals surface area (Å²) in [6.07, 6.45) is -0.327. The number of thiocarbonyl (C=S) groups is 1. The van der Waals surface area contributed by atoms with Gasteiger partial charge < -0.3 is 15.4 Å². The van der Waals surface area contributed by atoms with E-state index >= 15 is 0 Å². The van der Waals surface area contributed by atoms with Crippen LogP contribution in [0.15, 0.2) is 30.3 Å². The quantitative estimate of drug-likeness (QED) is 0.789. The van der Waals surface area contributed by atoms with E-state index in [1.165, 1.54) is 0 Å². The van der Waals surface area contributed by atoms with Gasteiger partial charge in [-0.2, -0.15) is 0 Å². The van der Waals surface area contributed by atoms with Crippen molar-refractivity contribution < 1.29 is 9.53 Å². The minimum Gasteiger partial charge on any atom is -0.391 e. The first kappa shape index (κ1) is 12.0. The molecule has 0 spiro atoms. The van der Waals surface area contributed by atoms with Crippen LogP contribution in [0.1, 0.15) is 10.4 Å². The molecule has 90 valence electrons. The largest absolute Gasteiger partial charge is 0.391 e. The van der Waals surface area contributed by atoms with Gasteiger partial charge in [-0.05, 0) is 12.1 Å². The molecule has 1 saturated heterocycles. The third-order valence-corrected chi connectivity index (χ3v) is 2.95. The van der Waals surface area contributed by atoms with Crippen molar-refractivity contribution in [1.82, 2.24) is 4.90 Å². The highest BCUT2D eigenvalue weighted by Gasteiger charge is 2.26. The van der Waals surface area contributed by atoms with E-state index in [1.807, 2.05) is 18.2 Å². The highest BCUT2D eigenvalue weighted by Crippen LogP contribution is 2.10. The van der Waals surface area contributed by atoms with Crippen LogP contribution in [0.3, 0.4) is 0 Å². The second-order valence-electron chi connectivity index (χ2n) is 3.88. The smallest absolute Gasteiger partial charge is 0.254 e. The summed E-state index contributed by atoms with van der Waals surface area (Å²) in [4.78, 5) is 14.2. The number of morpholine rings is 1. The number of rotatable bonds is 2. The molecule has 1 aliphatic heterocycles. The van der Waals surface area contributed by atoms with Gasteiger partial charge in [-0.1, -0.05) is 30.4 Å². The van der Waals surface area contributed by atoms with Gasteiger partial charge in [0.05, 0.1) is 13.2 Å². The lowest BCUT2D eigenvalue weighted by atomic mass is 10.1. The molecule has 4 nitrogen and oxygen atoms in total. The molecule has 1 fully saturated rings. The first-order chi connectivity index (χ1) is 8.18. The van der Waals surface area contributed by atoms with Gasteiger partial charge in [0.15, 0.2) is 0 Å². The van der Waals surface area contributed by atoms with Crippen LogP contribution in [-0.2, 0) is 4.74 Å². The fraction of sp³-hybridized carbons (Fsp3) is 0.333. The monoisotopic (exact) mass is 250 g/mol. The van der Waals surface area contributed by atoms with Crippen molar-refractivity contribution in [2.24, 2.45) is 5.73 Å². The van der Waals surface area contributed by atoms with Crippen LogP contribution in [0.5, 0.6) is 0 Å². The lowest BCUT2D eigenvalue weighted by molar-refractivity contribution is 0.00879. The number of hydrogen-bond acceptors (Lipinski definition) is 3. The minimum absolute atomic E-state index is 0.00449. The molecule has 1 aromatic rings. The maximum absolute atomic E-state index is 12.2. The van der Waals surface area contributed by atoms with Gasteiger partial charge in [0.2, 0.25) is 0 Å². The van der Waals surface area contributed by atoms with Gasteiger partial charge in [0, 0.05) is 12.1 Å². The van der Waals surface area contributed by atoms with E-state index in [4.69, 9.17) is 22.7 Å². The van der Waals surface area contributed by atoms with E-state index < -0.39 is 0 Å². The molecule has 0 aliphatic carbocycles. The second kappa shape index (κ2) is 5.25. The maximum Gasteiger partial charge on any atom is 0.254 e. The third-order valence-electron chi connectivity index (χ3n) is 2.69. The molecule has 2 N–H and O–H groups in total. The normalized spacial score (nSPS) is 20.0. The fourth-order valence-electron chi connectivity index (χ4n) is 1.77. The van der Waals surface area contributed by atoms with Crippen LogP contribution in [-0.4, -0.2) is 41.6 Å². The van der Waals surface area contributed by atoms with Crippen molar-refractivity contribution in [3.63, 3.8) is 0 Å². The zero-order chi connectivity index (χ0) is 12.3. The fourth-order valence-corrected chi connectivity index (χ4v) is 1.91. The lowest BCUT2D eigenvalue weighted by Gasteiger charge is -2.32. The molecule has 0 bridgehead atoms. The second-order valence-corrected chi connectivity index (χ2v) is 4.35. The number of nitrogens with zero attached hydrogens (tertiary/aromatic N) is 1. The summed E-state index contributed by atoms with van der Waals surface area (Å²) in [5, 5.41) is 0. The highest BCUT2D eigenvalue weighted by molar-refractivity contribution is 7.80. The number of benzene rings is 1. The van der Waals surface area contributed by atoms with Gasteiger partial charge in [-0.15, -0.1) is 0 Å². The molecule has 1 unspecified atom stereocenters. The van der Waals surface area contributed by atoms with Crippen molar-refractivity contribution in [1.29, 1.82) is 0 Å². The van der Waals surface area contributed by atoms with Crippen LogP contribution < -0.4 is 5.73 Å². The van der Waals surface area contributed by atoms with Crippen molar-refractivity contribution in [2.75, 3.05) is 19.7 Å². The van der Waals surface area contributed by atoms with Crippen LogP contribution >= 0.6 is 12.2 Å². The third kappa shape index (κ3) is 2.81. The number of nitrogens with two attached hydrogens (primary N) is 1. The number of carbonyl (C=O) groups is 1. The Morgan fingerprint density at radius 1 is 1.41 bits per heavy atom. The molecule has 1 aliphatic rings. The van der Waals surface area contributed by atoms with Crippen molar-refractivity contribution >= 4 is 23.1 Å². The number of hydrogen-bond donors (Lipinski definition) is 1. The van der Waals surface area contributed by atoms with E-state index in [-0.39, 0.29) is 12.0 Å². The summed E-state index contributed by atoms with van der Waals surface area (Å²) >= 11 is 4.89. The van der Waals surface area contributed by atoms with Gasteiger partial charge in [0.1, 0.15) is 11.1 Å². The molecule has 1 aromatic carbocycles. The summed E-state index contributed by atoms with van der Waals surface area (Å²) in [6.45, 7) is 1.48. The first-order valence-corrected chi connectivity index (χ1v) is 5.84. The molecule has 1 amide bonds. The van der Waals surface area contributed by atoms with Gasteiger partial charge >= 0.3 is 0 Å². The number of ether oxygens (including phenoxy) is 1. The van der Waals surface area contributed by atoms with Crippen molar-refractivity contribution in [2.45, 2.75) is 6.10 Å². The Labute approximate surface area is 105 Å². The molecule has 2 rings (SSSR count). The van der Waals surface area contributed by atoms with E-state index in [1.54, 1.807) is 17.0 Å². The SMILES string of the molecule is NC(=S)C1CN(C(=O)c2ccccc2)CCO1. The van der Waals surface area contributed by atoms with E-state index in [0.29, 0.717) is 30.2 Å². The Hall–Kier alpha value is -1.46. The molecule has 1 atom stereocenters. The Balaban J connectivity index is 2.07. The van der Waals surface area contributed by atoms with E-state index in [2.05, 4.69) is 0 Å². The average Bonchev–Trinajstić information content (AvgIpc) is 2.39. The number of carbonyl (C=O) groups excluding carboxylic acids is 1. The summed E-state index contributed by atoms with van der Waals surface area (Å²) in [7, 11) is 0. The predicted octanol–water partition coefficient (Wildman–Crippen LogP) is 0.814. The van der Waals surface area contributed by atoms with Crippen molar-refractivity contribution in [3.8, 4) is 0 Å². The molecule has 5 heteroatoms. The summed E-state index contributed by atoms with van der Waals surface area (Å²) in [5.41, 5.74) is 6.21. The Kier molecular flexibility index (Phi) is 3.71. The maximum atomic E-state index is 12.2. The van der Waals surface area contributed by atoms with Crippen LogP contribution in [0.4, 0.5) is 0 Å². The molecular weight excluding hydrogens is 236 g/mol. The first-order valence-electron chi connectivity index (χ1n) is 5.43. The van der Waals surface area contributed by atoms with E-state index in [9.17, 15) is 4.79 Å². The average molecular weight is 250 g/mol. The van der Waals surface area contributed by atoms with Gasteiger partial charge in [-0.25, -0.2) is 0 Å². The lowest BCUT2D eigenvalue weighted by Crippen LogP contribution is -2.49. The summed E-state index contributed by atoms with van der Waals surface area (Å²) in [5.74, 6) is -0.00449. The van der Waals surface area contributed by atoms with Gasteiger partial charge in [-0.3, -0.25) is 4.79 Å². The Morgan fingerprint density at radius 2 is 2.12 bits per heavy atom. The van der Waals surface area contributed by atoms with Crippen LogP contribution in [0.2, 0.25) is 0 Å². The number of amides is 1. The standard InChI is InChI=1S/C12H14N2O2S/c13-11(17)10-8-14(6-7-16-10)12(15)9-4-2-1-3-5-9/h1-5,10H,6-8H2,(H2,13,17). The molecule has 1 heterocycles. The topological polar surface area (TPSA) is 55.6 Å². The highest BCUT2D eigenvalue weighted by atomic mass is 32.1. The molecule has 0 saturated carbocycles.